The first-order valence-electron chi connectivity index (χ1n) is 9.40. The molecule has 1 aliphatic carbocycles. The number of carbonyl (C=O) groups excluding carboxylic acids is 1. The third kappa shape index (κ3) is 5.13. The highest BCUT2D eigenvalue weighted by Crippen LogP contribution is 2.42. The van der Waals surface area contributed by atoms with Gasteiger partial charge in [-0.2, -0.15) is 13.2 Å². The molecule has 168 valence electrons. The van der Waals surface area contributed by atoms with Crippen LogP contribution in [0.3, 0.4) is 0 Å². The number of halogens is 7. The molecule has 2 aromatic carbocycles. The van der Waals surface area contributed by atoms with Gasteiger partial charge in [0.15, 0.2) is 0 Å². The molecule has 2 N–H and O–H groups in total. The molecule has 0 radical (unpaired) electrons. The molecule has 0 aliphatic heterocycles. The third-order valence-corrected chi connectivity index (χ3v) is 6.05. The van der Waals surface area contributed by atoms with Crippen LogP contribution in [0, 0.1) is 5.82 Å². The largest absolute Gasteiger partial charge is 0.417 e. The summed E-state index contributed by atoms with van der Waals surface area (Å²) < 4.78 is 68.0. The van der Waals surface area contributed by atoms with Gasteiger partial charge >= 0.3 is 6.18 Å². The fourth-order valence-corrected chi connectivity index (χ4v) is 4.18. The number of carbonyl (C=O) groups is 1. The number of nitrogens with one attached hydrogen (secondary N) is 1. The molecule has 31 heavy (non-hydrogen) atoms. The molecular formula is C21H18Cl2F5NO2. The monoisotopic (exact) mass is 481 g/mol. The fraction of sp³-hybridized carbons (Fsp3) is 0.381. The first kappa shape index (κ1) is 23.8. The van der Waals surface area contributed by atoms with Crippen LogP contribution in [0.4, 0.5) is 22.0 Å². The standard InChI is InChI=1S/C21H18Cl2F5NO2/c22-11-4-5-15(21(26,27)28)14(10-11)19(30)29-18(13-2-1-3-16(25)17(13)23)20(31)8-6-12(24)7-9-20/h1-5,10,12,18,31H,6-9H2,(H,29,30). The summed E-state index contributed by atoms with van der Waals surface area (Å²) in [5.41, 5.74) is -3.75. The van der Waals surface area contributed by atoms with Gasteiger partial charge in [-0.15, -0.1) is 0 Å². The maximum atomic E-state index is 14.1. The summed E-state index contributed by atoms with van der Waals surface area (Å²) in [5, 5.41) is 13.0. The molecule has 1 atom stereocenters. The van der Waals surface area contributed by atoms with Crippen LogP contribution >= 0.6 is 23.2 Å². The lowest BCUT2D eigenvalue weighted by molar-refractivity contribution is -0.137. The lowest BCUT2D eigenvalue weighted by Crippen LogP contribution is -2.49. The lowest BCUT2D eigenvalue weighted by Gasteiger charge is -2.41. The van der Waals surface area contributed by atoms with Crippen LogP contribution in [0.1, 0.15) is 53.2 Å². The minimum absolute atomic E-state index is 0.0228. The highest BCUT2D eigenvalue weighted by molar-refractivity contribution is 6.31. The summed E-state index contributed by atoms with van der Waals surface area (Å²) in [6.45, 7) is 0. The molecule has 1 fully saturated rings. The van der Waals surface area contributed by atoms with Gasteiger partial charge in [-0.05, 0) is 55.5 Å². The Morgan fingerprint density at radius 3 is 2.42 bits per heavy atom. The van der Waals surface area contributed by atoms with E-state index in [1.54, 1.807) is 0 Å². The van der Waals surface area contributed by atoms with Crippen molar-refractivity contribution in [1.29, 1.82) is 0 Å². The Labute approximate surface area is 185 Å². The summed E-state index contributed by atoms with van der Waals surface area (Å²) in [7, 11) is 0. The zero-order chi connectivity index (χ0) is 23.0. The van der Waals surface area contributed by atoms with Crippen LogP contribution in [0.25, 0.3) is 0 Å². The maximum Gasteiger partial charge on any atom is 0.417 e. The second-order valence-corrected chi connectivity index (χ2v) is 8.33. The van der Waals surface area contributed by atoms with E-state index in [0.717, 1.165) is 18.2 Å². The second-order valence-electron chi connectivity index (χ2n) is 7.52. The van der Waals surface area contributed by atoms with E-state index in [0.29, 0.717) is 6.07 Å². The van der Waals surface area contributed by atoms with Crippen molar-refractivity contribution >= 4 is 29.1 Å². The Hall–Kier alpha value is -1.90. The van der Waals surface area contributed by atoms with Crippen molar-refractivity contribution in [2.45, 2.75) is 49.7 Å². The molecule has 0 heterocycles. The first-order valence-corrected chi connectivity index (χ1v) is 10.2. The average molecular weight is 482 g/mol. The van der Waals surface area contributed by atoms with Crippen LogP contribution in [-0.4, -0.2) is 22.8 Å². The average Bonchev–Trinajstić information content (AvgIpc) is 2.69. The van der Waals surface area contributed by atoms with E-state index in [1.807, 2.05) is 0 Å². The van der Waals surface area contributed by atoms with Gasteiger partial charge in [0.05, 0.1) is 27.8 Å². The highest BCUT2D eigenvalue weighted by atomic mass is 35.5. The van der Waals surface area contributed by atoms with Crippen molar-refractivity contribution < 1.29 is 31.9 Å². The van der Waals surface area contributed by atoms with Gasteiger partial charge in [0.25, 0.3) is 5.91 Å². The van der Waals surface area contributed by atoms with E-state index in [4.69, 9.17) is 23.2 Å². The summed E-state index contributed by atoms with van der Waals surface area (Å²) in [4.78, 5) is 12.9. The topological polar surface area (TPSA) is 49.3 Å². The molecule has 0 spiro atoms. The van der Waals surface area contributed by atoms with E-state index >= 15 is 0 Å². The Kier molecular flexibility index (Phi) is 6.84. The Morgan fingerprint density at radius 2 is 1.81 bits per heavy atom. The molecular weight excluding hydrogens is 464 g/mol. The number of hydrogen-bond donors (Lipinski definition) is 2. The minimum atomic E-state index is -4.84. The third-order valence-electron chi connectivity index (χ3n) is 5.42. The molecule has 3 rings (SSSR count). The van der Waals surface area contributed by atoms with Crippen molar-refractivity contribution in [3.63, 3.8) is 0 Å². The van der Waals surface area contributed by atoms with E-state index in [2.05, 4.69) is 5.32 Å². The molecule has 2 aromatic rings. The lowest BCUT2D eigenvalue weighted by atomic mass is 9.76. The smallest absolute Gasteiger partial charge is 0.387 e. The first-order chi connectivity index (χ1) is 14.4. The second kappa shape index (κ2) is 8.92. The van der Waals surface area contributed by atoms with Gasteiger partial charge in [0.1, 0.15) is 12.0 Å². The maximum absolute atomic E-state index is 14.1. The van der Waals surface area contributed by atoms with Crippen molar-refractivity contribution in [3.05, 3.63) is 69.0 Å². The van der Waals surface area contributed by atoms with E-state index in [9.17, 15) is 31.9 Å². The summed E-state index contributed by atoms with van der Waals surface area (Å²) in [6.07, 6.45) is -6.26. The number of aliphatic hydroxyl groups is 1. The molecule has 0 bridgehead atoms. The van der Waals surface area contributed by atoms with Crippen LogP contribution in [0.15, 0.2) is 36.4 Å². The van der Waals surface area contributed by atoms with Crippen molar-refractivity contribution in [3.8, 4) is 0 Å². The van der Waals surface area contributed by atoms with Crippen molar-refractivity contribution in [1.82, 2.24) is 5.32 Å². The molecule has 1 unspecified atom stereocenters. The number of rotatable bonds is 4. The molecule has 0 saturated heterocycles. The molecule has 1 aliphatic rings. The zero-order valence-corrected chi connectivity index (χ0v) is 17.5. The van der Waals surface area contributed by atoms with Crippen LogP contribution in [0.2, 0.25) is 10.0 Å². The highest BCUT2D eigenvalue weighted by Gasteiger charge is 2.44. The van der Waals surface area contributed by atoms with Crippen molar-refractivity contribution in [2.75, 3.05) is 0 Å². The van der Waals surface area contributed by atoms with E-state index in [1.165, 1.54) is 12.1 Å². The van der Waals surface area contributed by atoms with Crippen LogP contribution < -0.4 is 5.32 Å². The van der Waals surface area contributed by atoms with E-state index in [-0.39, 0.29) is 36.3 Å². The number of amides is 1. The normalized spacial score (nSPS) is 22.8. The molecule has 1 amide bonds. The number of alkyl halides is 4. The van der Waals surface area contributed by atoms with Gasteiger partial charge in [0, 0.05) is 5.02 Å². The predicted octanol–water partition coefficient (Wildman–Crippen LogP) is 6.27. The van der Waals surface area contributed by atoms with Gasteiger partial charge in [0.2, 0.25) is 0 Å². The molecule has 3 nitrogen and oxygen atoms in total. The van der Waals surface area contributed by atoms with E-state index < -0.39 is 51.9 Å². The van der Waals surface area contributed by atoms with Crippen LogP contribution in [-0.2, 0) is 6.18 Å². The van der Waals surface area contributed by atoms with Gasteiger partial charge < -0.3 is 10.4 Å². The minimum Gasteiger partial charge on any atom is -0.387 e. The summed E-state index contributed by atoms with van der Waals surface area (Å²) in [5.74, 6) is -2.02. The Morgan fingerprint density at radius 1 is 1.16 bits per heavy atom. The fourth-order valence-electron chi connectivity index (χ4n) is 3.78. The van der Waals surface area contributed by atoms with Gasteiger partial charge in [-0.1, -0.05) is 35.3 Å². The van der Waals surface area contributed by atoms with Crippen molar-refractivity contribution in [2.24, 2.45) is 0 Å². The Bertz CT molecular complexity index is 975. The summed E-state index contributed by atoms with van der Waals surface area (Å²) in [6, 6.07) is 4.84. The molecule has 1 saturated carbocycles. The zero-order valence-electron chi connectivity index (χ0n) is 15.9. The summed E-state index contributed by atoms with van der Waals surface area (Å²) >= 11 is 11.8. The quantitative estimate of drug-likeness (QED) is 0.505. The van der Waals surface area contributed by atoms with Gasteiger partial charge in [-0.25, -0.2) is 8.78 Å². The van der Waals surface area contributed by atoms with Gasteiger partial charge in [-0.3, -0.25) is 4.79 Å². The SMILES string of the molecule is O=C(NC(c1cccc(F)c1Cl)C1(O)CCC(F)CC1)c1cc(Cl)ccc1C(F)(F)F. The Balaban J connectivity index is 2.05. The van der Waals surface area contributed by atoms with Crippen LogP contribution in [0.5, 0.6) is 0 Å². The number of hydrogen-bond acceptors (Lipinski definition) is 2. The number of benzene rings is 2. The molecule has 10 heteroatoms. The molecule has 0 aromatic heterocycles. The predicted molar refractivity (Wildman–Crippen MR) is 106 cm³/mol.